The first-order chi connectivity index (χ1) is 11.7. The minimum atomic E-state index is 0.448. The Morgan fingerprint density at radius 2 is 1.62 bits per heavy atom. The first-order valence-electron chi connectivity index (χ1n) is 9.99. The number of nitrogens with zero attached hydrogens (tertiary/aromatic N) is 3. The quantitative estimate of drug-likeness (QED) is 0.825. The lowest BCUT2D eigenvalue weighted by atomic mass is 9.68. The zero-order valence-corrected chi connectivity index (χ0v) is 15.5. The van der Waals surface area contributed by atoms with E-state index in [1.54, 1.807) is 5.56 Å². The Balaban J connectivity index is 1.44. The van der Waals surface area contributed by atoms with Crippen LogP contribution in [0.4, 0.5) is 5.69 Å². The topological polar surface area (TPSA) is 9.72 Å². The molecule has 0 bridgehead atoms. The average molecular weight is 328 g/mol. The maximum absolute atomic E-state index is 2.82. The highest BCUT2D eigenvalue weighted by Gasteiger charge is 2.41. The van der Waals surface area contributed by atoms with E-state index in [4.69, 9.17) is 0 Å². The van der Waals surface area contributed by atoms with E-state index < -0.39 is 0 Å². The maximum atomic E-state index is 2.82. The van der Waals surface area contributed by atoms with Crippen LogP contribution >= 0.6 is 0 Å². The molecular weight excluding hydrogens is 294 g/mol. The second kappa shape index (κ2) is 6.68. The molecule has 3 nitrogen and oxygen atoms in total. The van der Waals surface area contributed by atoms with Gasteiger partial charge in [-0.3, -0.25) is 0 Å². The van der Waals surface area contributed by atoms with Crippen LogP contribution in [0, 0.1) is 0 Å². The Kier molecular flexibility index (Phi) is 4.57. The van der Waals surface area contributed by atoms with Gasteiger partial charge in [0.05, 0.1) is 0 Å². The summed E-state index contributed by atoms with van der Waals surface area (Å²) in [4.78, 5) is 7.88. The van der Waals surface area contributed by atoms with E-state index in [1.165, 1.54) is 77.1 Å². The molecular formula is C21H33N3. The van der Waals surface area contributed by atoms with Gasteiger partial charge in [-0.15, -0.1) is 0 Å². The van der Waals surface area contributed by atoms with Crippen LogP contribution in [0.25, 0.3) is 0 Å². The molecule has 0 N–H and O–H groups in total. The van der Waals surface area contributed by atoms with Crippen molar-refractivity contribution in [3.63, 3.8) is 0 Å². The van der Waals surface area contributed by atoms with E-state index in [9.17, 15) is 0 Å². The molecule has 3 heteroatoms. The number of anilines is 1. The van der Waals surface area contributed by atoms with Gasteiger partial charge in [-0.25, -0.2) is 0 Å². The first kappa shape index (κ1) is 16.4. The van der Waals surface area contributed by atoms with Crippen molar-refractivity contribution in [2.45, 2.75) is 50.5 Å². The molecule has 132 valence electrons. The van der Waals surface area contributed by atoms with Crippen LogP contribution in [-0.2, 0) is 5.41 Å². The van der Waals surface area contributed by atoms with Crippen LogP contribution in [0.1, 0.15) is 44.6 Å². The van der Waals surface area contributed by atoms with Crippen molar-refractivity contribution in [1.82, 2.24) is 9.80 Å². The zero-order chi connectivity index (χ0) is 16.6. The normalized spacial score (nSPS) is 25.8. The molecule has 0 radical (unpaired) electrons. The molecule has 2 fully saturated rings. The lowest BCUT2D eigenvalue weighted by Gasteiger charge is -2.50. The Bertz CT molecular complexity index is 554. The van der Waals surface area contributed by atoms with Gasteiger partial charge < -0.3 is 14.7 Å². The van der Waals surface area contributed by atoms with Crippen molar-refractivity contribution in [2.75, 3.05) is 51.2 Å². The second-order valence-corrected chi connectivity index (χ2v) is 8.17. The van der Waals surface area contributed by atoms with Gasteiger partial charge in [0.1, 0.15) is 0 Å². The van der Waals surface area contributed by atoms with Crippen LogP contribution in [0.5, 0.6) is 0 Å². The van der Waals surface area contributed by atoms with Gasteiger partial charge in [-0.1, -0.05) is 25.1 Å². The maximum Gasteiger partial charge on any atom is 0.0401 e. The molecule has 0 unspecified atom stereocenters. The molecule has 0 aliphatic carbocycles. The number of benzene rings is 1. The van der Waals surface area contributed by atoms with Crippen molar-refractivity contribution < 1.29 is 0 Å². The Hall–Kier alpha value is -1.06. The van der Waals surface area contributed by atoms with Gasteiger partial charge in [0.25, 0.3) is 0 Å². The summed E-state index contributed by atoms with van der Waals surface area (Å²) in [7, 11) is 2.25. The van der Waals surface area contributed by atoms with Crippen LogP contribution < -0.4 is 4.90 Å². The zero-order valence-electron chi connectivity index (χ0n) is 15.5. The summed E-state index contributed by atoms with van der Waals surface area (Å²) in [6, 6.07) is 10.0. The molecule has 0 aromatic heterocycles. The van der Waals surface area contributed by atoms with Gasteiger partial charge in [0.15, 0.2) is 0 Å². The molecule has 0 atom stereocenters. The van der Waals surface area contributed by atoms with Gasteiger partial charge >= 0.3 is 0 Å². The number of piperidine rings is 2. The summed E-state index contributed by atoms with van der Waals surface area (Å²) in [5.74, 6) is 0. The van der Waals surface area contributed by atoms with Gasteiger partial charge in [-0.05, 0) is 76.5 Å². The van der Waals surface area contributed by atoms with Crippen LogP contribution in [0.3, 0.4) is 0 Å². The molecule has 3 aliphatic heterocycles. The minimum absolute atomic E-state index is 0.448. The first-order valence-corrected chi connectivity index (χ1v) is 9.99. The third-order valence-electron chi connectivity index (χ3n) is 7.09. The van der Waals surface area contributed by atoms with E-state index in [1.807, 2.05) is 0 Å². The summed E-state index contributed by atoms with van der Waals surface area (Å²) in [5.41, 5.74) is 3.55. The fourth-order valence-corrected chi connectivity index (χ4v) is 5.33. The molecule has 1 aromatic carbocycles. The van der Waals surface area contributed by atoms with Crippen molar-refractivity contribution in [3.05, 3.63) is 29.8 Å². The van der Waals surface area contributed by atoms with Gasteiger partial charge in [-0.2, -0.15) is 0 Å². The molecule has 0 saturated carbocycles. The van der Waals surface area contributed by atoms with Gasteiger partial charge in [0.2, 0.25) is 0 Å². The van der Waals surface area contributed by atoms with Crippen LogP contribution in [0.2, 0.25) is 0 Å². The Morgan fingerprint density at radius 3 is 2.33 bits per heavy atom. The number of likely N-dealkylation sites (tertiary alicyclic amines) is 2. The molecule has 0 amide bonds. The molecule has 1 spiro atoms. The van der Waals surface area contributed by atoms with E-state index >= 15 is 0 Å². The Morgan fingerprint density at radius 1 is 0.958 bits per heavy atom. The van der Waals surface area contributed by atoms with E-state index in [0.717, 1.165) is 6.04 Å². The predicted octanol–water partition coefficient (Wildman–Crippen LogP) is 3.34. The van der Waals surface area contributed by atoms with E-state index in [0.29, 0.717) is 5.41 Å². The summed E-state index contributed by atoms with van der Waals surface area (Å²) in [5, 5.41) is 0. The largest absolute Gasteiger partial charge is 0.374 e. The van der Waals surface area contributed by atoms with E-state index in [2.05, 4.69) is 52.9 Å². The third kappa shape index (κ3) is 2.86. The summed E-state index contributed by atoms with van der Waals surface area (Å²) in [6.45, 7) is 9.94. The molecule has 3 heterocycles. The number of hydrogen-bond donors (Lipinski definition) is 0. The molecule has 24 heavy (non-hydrogen) atoms. The number of hydrogen-bond acceptors (Lipinski definition) is 3. The van der Waals surface area contributed by atoms with Crippen LogP contribution in [0.15, 0.2) is 24.3 Å². The number of rotatable bonds is 2. The SMILES string of the molecule is CCN1CCC(N2CCC3(CCN(C)c4ccccc43)CC2)CC1. The highest BCUT2D eigenvalue weighted by atomic mass is 15.2. The van der Waals surface area contributed by atoms with Gasteiger partial charge in [0, 0.05) is 30.7 Å². The average Bonchev–Trinajstić information content (AvgIpc) is 2.66. The molecule has 4 rings (SSSR count). The van der Waals surface area contributed by atoms with Crippen molar-refractivity contribution in [2.24, 2.45) is 0 Å². The molecule has 2 saturated heterocycles. The molecule has 3 aliphatic rings. The number of fused-ring (bicyclic) bond motifs is 2. The van der Waals surface area contributed by atoms with Crippen molar-refractivity contribution in [3.8, 4) is 0 Å². The highest BCUT2D eigenvalue weighted by molar-refractivity contribution is 5.58. The lowest BCUT2D eigenvalue weighted by Crippen LogP contribution is -2.52. The van der Waals surface area contributed by atoms with Crippen molar-refractivity contribution >= 4 is 5.69 Å². The van der Waals surface area contributed by atoms with Crippen LogP contribution in [-0.4, -0.2) is 62.2 Å². The van der Waals surface area contributed by atoms with E-state index in [-0.39, 0.29) is 0 Å². The smallest absolute Gasteiger partial charge is 0.0401 e. The summed E-state index contributed by atoms with van der Waals surface area (Å²) >= 11 is 0. The number of para-hydroxylation sites is 1. The fourth-order valence-electron chi connectivity index (χ4n) is 5.33. The predicted molar refractivity (Wildman–Crippen MR) is 102 cm³/mol. The third-order valence-corrected chi connectivity index (χ3v) is 7.09. The lowest BCUT2D eigenvalue weighted by molar-refractivity contribution is 0.0668. The standard InChI is InChI=1S/C21H33N3/c1-3-23-13-8-18(9-14-23)24-16-11-21(12-17-24)10-15-22(2)20-7-5-4-6-19(20)21/h4-7,18H,3,8-17H2,1-2H3. The summed E-state index contributed by atoms with van der Waals surface area (Å²) < 4.78 is 0. The monoisotopic (exact) mass is 327 g/mol. The molecule has 1 aromatic rings. The minimum Gasteiger partial charge on any atom is -0.374 e. The second-order valence-electron chi connectivity index (χ2n) is 8.17. The highest BCUT2D eigenvalue weighted by Crippen LogP contribution is 2.46. The summed E-state index contributed by atoms with van der Waals surface area (Å²) in [6.07, 6.45) is 6.79. The van der Waals surface area contributed by atoms with Crippen molar-refractivity contribution in [1.29, 1.82) is 0 Å². The fraction of sp³-hybridized carbons (Fsp3) is 0.714. The Labute approximate surface area is 147 Å².